The smallest absolute Gasteiger partial charge is 0.270 e. The number of phenols is 1. The highest BCUT2D eigenvalue weighted by Crippen LogP contribution is 2.36. The topological polar surface area (TPSA) is 73.3 Å². The Morgan fingerprint density at radius 1 is 1.23 bits per heavy atom. The van der Waals surface area contributed by atoms with Crippen molar-refractivity contribution in [3.05, 3.63) is 35.4 Å². The minimum Gasteiger partial charge on any atom is -0.507 e. The molecule has 1 aromatic carbocycles. The lowest BCUT2D eigenvalue weighted by Gasteiger charge is -2.34. The zero-order valence-electron chi connectivity index (χ0n) is 18.2. The van der Waals surface area contributed by atoms with Gasteiger partial charge in [-0.25, -0.2) is 8.78 Å². The second-order valence-corrected chi connectivity index (χ2v) is 8.92. The molecule has 6 nitrogen and oxygen atoms in total. The van der Waals surface area contributed by atoms with E-state index in [4.69, 9.17) is 0 Å². The molecule has 2 aliphatic heterocycles. The van der Waals surface area contributed by atoms with E-state index in [1.165, 1.54) is 25.0 Å². The Balaban J connectivity index is 1.43. The van der Waals surface area contributed by atoms with Crippen molar-refractivity contribution in [2.75, 3.05) is 31.5 Å². The first-order chi connectivity index (χ1) is 14.8. The minimum absolute atomic E-state index is 0.222. The molecule has 2 saturated heterocycles. The molecule has 2 fully saturated rings. The van der Waals surface area contributed by atoms with Gasteiger partial charge < -0.3 is 15.7 Å². The number of hydrogen-bond donors (Lipinski definition) is 3. The van der Waals surface area contributed by atoms with Gasteiger partial charge in [0.2, 0.25) is 0 Å². The van der Waals surface area contributed by atoms with Gasteiger partial charge in [-0.05, 0) is 69.5 Å². The van der Waals surface area contributed by atoms with E-state index in [9.17, 15) is 13.9 Å². The number of nitrogens with one attached hydrogen (secondary N) is 2. The van der Waals surface area contributed by atoms with Gasteiger partial charge in [-0.3, -0.25) is 4.90 Å². The Morgan fingerprint density at radius 3 is 2.74 bits per heavy atom. The fourth-order valence-corrected chi connectivity index (χ4v) is 4.60. The van der Waals surface area contributed by atoms with Gasteiger partial charge in [-0.1, -0.05) is 6.07 Å². The molecule has 1 aromatic heterocycles. The van der Waals surface area contributed by atoms with Gasteiger partial charge in [0.25, 0.3) is 5.92 Å². The molecule has 0 unspecified atom stereocenters. The molecule has 3 N–H and O–H groups in total. The van der Waals surface area contributed by atoms with Crippen molar-refractivity contribution < 1.29 is 13.9 Å². The summed E-state index contributed by atoms with van der Waals surface area (Å²) in [6.07, 6.45) is 4.76. The van der Waals surface area contributed by atoms with Crippen LogP contribution in [0, 0.1) is 6.92 Å². The van der Waals surface area contributed by atoms with Gasteiger partial charge in [0.1, 0.15) is 11.6 Å². The Labute approximate surface area is 182 Å². The number of alkyl halides is 2. The second kappa shape index (κ2) is 9.04. The second-order valence-electron chi connectivity index (χ2n) is 8.92. The molecule has 0 aliphatic carbocycles. The van der Waals surface area contributed by atoms with E-state index in [0.717, 1.165) is 57.6 Å². The monoisotopic (exact) mass is 431 g/mol. The van der Waals surface area contributed by atoms with Gasteiger partial charge >= 0.3 is 0 Å². The first-order valence-electron chi connectivity index (χ1n) is 11.1. The van der Waals surface area contributed by atoms with E-state index >= 15 is 0 Å². The molecule has 31 heavy (non-hydrogen) atoms. The standard InChI is InChI=1S/C23H31F2N5O/c1-15-11-21(27-18-6-4-10-30(14-18)13-17-5-3-9-26-17)28-29-22(15)19-8-7-16(12-20(19)31)23(2,24)25/h7-8,11-12,17-18,26,31H,3-6,9-10,13-14H2,1-2H3,(H,27,28)/t17-,18-/m1/s1. The van der Waals surface area contributed by atoms with Crippen molar-refractivity contribution >= 4 is 5.82 Å². The maximum absolute atomic E-state index is 13.5. The molecule has 4 rings (SSSR count). The molecule has 8 heteroatoms. The summed E-state index contributed by atoms with van der Waals surface area (Å²) in [6, 6.07) is 6.71. The van der Waals surface area contributed by atoms with Crippen LogP contribution in [-0.2, 0) is 5.92 Å². The Kier molecular flexibility index (Phi) is 6.39. The number of piperidine rings is 1. The molecule has 0 spiro atoms. The third-order valence-electron chi connectivity index (χ3n) is 6.24. The van der Waals surface area contributed by atoms with Gasteiger partial charge in [-0.2, -0.15) is 0 Å². The summed E-state index contributed by atoms with van der Waals surface area (Å²) >= 11 is 0. The molecular weight excluding hydrogens is 400 g/mol. The number of anilines is 1. The van der Waals surface area contributed by atoms with Gasteiger partial charge in [0.05, 0.1) is 5.69 Å². The summed E-state index contributed by atoms with van der Waals surface area (Å²) in [7, 11) is 0. The number of hydrogen-bond acceptors (Lipinski definition) is 6. The molecule has 2 aromatic rings. The Morgan fingerprint density at radius 2 is 2.06 bits per heavy atom. The van der Waals surface area contributed by atoms with E-state index < -0.39 is 5.92 Å². The molecule has 3 heterocycles. The van der Waals surface area contributed by atoms with Crippen molar-refractivity contribution in [1.29, 1.82) is 0 Å². The third kappa shape index (κ3) is 5.30. The van der Waals surface area contributed by atoms with Crippen LogP contribution in [0.5, 0.6) is 5.75 Å². The van der Waals surface area contributed by atoms with E-state index in [1.807, 2.05) is 13.0 Å². The van der Waals surface area contributed by atoms with Crippen LogP contribution in [-0.4, -0.2) is 58.5 Å². The lowest BCUT2D eigenvalue weighted by atomic mass is 10.0. The number of aromatic nitrogens is 2. The number of benzene rings is 1. The summed E-state index contributed by atoms with van der Waals surface area (Å²) in [5.74, 6) is -2.53. The summed E-state index contributed by atoms with van der Waals surface area (Å²) in [5, 5.41) is 25.9. The molecule has 0 radical (unpaired) electrons. The quantitative estimate of drug-likeness (QED) is 0.644. The van der Waals surface area contributed by atoms with E-state index in [1.54, 1.807) is 0 Å². The average Bonchev–Trinajstić information content (AvgIpc) is 3.21. The predicted molar refractivity (Wildman–Crippen MR) is 118 cm³/mol. The fraction of sp³-hybridized carbons (Fsp3) is 0.565. The van der Waals surface area contributed by atoms with Crippen molar-refractivity contribution in [2.24, 2.45) is 0 Å². The van der Waals surface area contributed by atoms with Crippen molar-refractivity contribution in [1.82, 2.24) is 20.4 Å². The van der Waals surface area contributed by atoms with Gasteiger partial charge in [-0.15, -0.1) is 10.2 Å². The largest absolute Gasteiger partial charge is 0.507 e. The van der Waals surface area contributed by atoms with Crippen molar-refractivity contribution in [3.63, 3.8) is 0 Å². The lowest BCUT2D eigenvalue weighted by molar-refractivity contribution is 0.0173. The van der Waals surface area contributed by atoms with Crippen molar-refractivity contribution in [2.45, 2.75) is 57.5 Å². The first kappa shape index (κ1) is 21.9. The molecular formula is C23H31F2N5O. The molecule has 2 aliphatic rings. The third-order valence-corrected chi connectivity index (χ3v) is 6.24. The van der Waals surface area contributed by atoms with Gasteiger partial charge in [0, 0.05) is 43.2 Å². The summed E-state index contributed by atoms with van der Waals surface area (Å²) in [6.45, 7) is 7.02. The zero-order valence-corrected chi connectivity index (χ0v) is 18.2. The summed E-state index contributed by atoms with van der Waals surface area (Å²) in [5.41, 5.74) is 1.49. The Hall–Kier alpha value is -2.32. The number of nitrogens with zero attached hydrogens (tertiary/aromatic N) is 3. The van der Waals surface area contributed by atoms with Crippen molar-refractivity contribution in [3.8, 4) is 17.0 Å². The van der Waals surface area contributed by atoms with Crippen LogP contribution in [0.25, 0.3) is 11.3 Å². The maximum atomic E-state index is 13.5. The van der Waals surface area contributed by atoms with Crippen LogP contribution in [0.4, 0.5) is 14.6 Å². The average molecular weight is 432 g/mol. The predicted octanol–water partition coefficient (Wildman–Crippen LogP) is 3.90. The lowest BCUT2D eigenvalue weighted by Crippen LogP contribution is -2.46. The molecule has 168 valence electrons. The Bertz CT molecular complexity index is 911. The first-order valence-corrected chi connectivity index (χ1v) is 11.1. The number of rotatable bonds is 6. The molecule has 2 atom stereocenters. The van der Waals surface area contributed by atoms with E-state index in [0.29, 0.717) is 29.2 Å². The SMILES string of the molecule is Cc1cc(N[C@@H]2CCCN(C[C@H]3CCCN3)C2)nnc1-c1ccc(C(C)(F)F)cc1O. The number of likely N-dealkylation sites (tertiary alicyclic amines) is 1. The number of halogens is 2. The maximum Gasteiger partial charge on any atom is 0.270 e. The normalized spacial score (nSPS) is 22.6. The molecule has 0 bridgehead atoms. The van der Waals surface area contributed by atoms with Crippen LogP contribution < -0.4 is 10.6 Å². The number of aryl methyl sites for hydroxylation is 1. The number of phenolic OH excluding ortho intramolecular Hbond substituents is 1. The summed E-state index contributed by atoms with van der Waals surface area (Å²) in [4.78, 5) is 2.52. The van der Waals surface area contributed by atoms with Crippen LogP contribution in [0.2, 0.25) is 0 Å². The van der Waals surface area contributed by atoms with Crippen LogP contribution >= 0.6 is 0 Å². The minimum atomic E-state index is -3.01. The highest BCUT2D eigenvalue weighted by Gasteiger charge is 2.26. The van der Waals surface area contributed by atoms with Gasteiger partial charge in [0.15, 0.2) is 0 Å². The highest BCUT2D eigenvalue weighted by molar-refractivity contribution is 5.70. The van der Waals surface area contributed by atoms with Crippen LogP contribution in [0.15, 0.2) is 24.3 Å². The number of aromatic hydroxyl groups is 1. The fourth-order valence-electron chi connectivity index (χ4n) is 4.60. The highest BCUT2D eigenvalue weighted by atomic mass is 19.3. The molecule has 0 amide bonds. The van der Waals surface area contributed by atoms with Crippen LogP contribution in [0.1, 0.15) is 43.7 Å². The van der Waals surface area contributed by atoms with E-state index in [2.05, 4.69) is 25.7 Å². The van der Waals surface area contributed by atoms with Crippen LogP contribution in [0.3, 0.4) is 0 Å². The summed E-state index contributed by atoms with van der Waals surface area (Å²) < 4.78 is 27.0. The zero-order chi connectivity index (χ0) is 22.0. The van der Waals surface area contributed by atoms with E-state index in [-0.39, 0.29) is 11.3 Å². The molecule has 0 saturated carbocycles.